The zero-order valence-corrected chi connectivity index (χ0v) is 12.1. The molecule has 0 fully saturated rings. The number of nitrogens with zero attached hydrogens (tertiary/aromatic N) is 1. The smallest absolute Gasteiger partial charge is 0.409 e. The number of ether oxygens (including phenoxy) is 1. The molecule has 4 heteroatoms. The van der Waals surface area contributed by atoms with Crippen LogP contribution < -0.4 is 0 Å². The Morgan fingerprint density at radius 2 is 2.00 bits per heavy atom. The molecule has 0 heterocycles. The van der Waals surface area contributed by atoms with Crippen molar-refractivity contribution in [3.8, 4) is 0 Å². The third-order valence-corrected chi connectivity index (χ3v) is 3.11. The fourth-order valence-corrected chi connectivity index (χ4v) is 1.60. The molecule has 0 aliphatic carbocycles. The lowest BCUT2D eigenvalue weighted by Crippen LogP contribution is -2.38. The molecule has 0 N–H and O–H groups in total. The molecule has 84 valence electrons. The average Bonchev–Trinajstić information content (AvgIpc) is 2.13. The highest BCUT2D eigenvalue weighted by atomic mass is 28.1. The summed E-state index contributed by atoms with van der Waals surface area (Å²) in [6.07, 6.45) is 2.53. The molecule has 0 saturated heterocycles. The van der Waals surface area contributed by atoms with Crippen molar-refractivity contribution in [2.45, 2.75) is 46.1 Å². The zero-order valence-electron chi connectivity index (χ0n) is 10.1. The van der Waals surface area contributed by atoms with E-state index < -0.39 is 0 Å². The third kappa shape index (κ3) is 4.65. The standard InChI is InChI=1S/C10H23NO2Si/c1-5-7-11(8-14)9(12)13-10(3,4)6-2/h5-8H2,1-4,14H3. The summed E-state index contributed by atoms with van der Waals surface area (Å²) < 4.78 is 5.40. The van der Waals surface area contributed by atoms with Gasteiger partial charge in [-0.25, -0.2) is 4.79 Å². The maximum Gasteiger partial charge on any atom is 0.409 e. The van der Waals surface area contributed by atoms with Crippen LogP contribution in [-0.2, 0) is 4.74 Å². The maximum atomic E-state index is 11.7. The predicted molar refractivity (Wildman–Crippen MR) is 62.7 cm³/mol. The number of rotatable bonds is 5. The summed E-state index contributed by atoms with van der Waals surface area (Å²) in [4.78, 5) is 13.5. The van der Waals surface area contributed by atoms with E-state index >= 15 is 0 Å². The molecular formula is C10H23NO2Si. The highest BCUT2D eigenvalue weighted by molar-refractivity contribution is 6.09. The van der Waals surface area contributed by atoms with Crippen molar-refractivity contribution in [1.29, 1.82) is 0 Å². The minimum atomic E-state index is -0.334. The van der Waals surface area contributed by atoms with Crippen LogP contribution in [-0.4, -0.2) is 39.5 Å². The topological polar surface area (TPSA) is 29.5 Å². The van der Waals surface area contributed by atoms with Crippen LogP contribution in [0.3, 0.4) is 0 Å². The summed E-state index contributed by atoms with van der Waals surface area (Å²) in [5.41, 5.74) is -0.334. The van der Waals surface area contributed by atoms with Gasteiger partial charge in [0.2, 0.25) is 0 Å². The van der Waals surface area contributed by atoms with Crippen LogP contribution in [0, 0.1) is 0 Å². The van der Waals surface area contributed by atoms with E-state index in [0.717, 1.165) is 35.8 Å². The average molecular weight is 217 g/mol. The van der Waals surface area contributed by atoms with Crippen LogP contribution in [0.4, 0.5) is 4.79 Å². The van der Waals surface area contributed by atoms with Gasteiger partial charge in [-0.15, -0.1) is 0 Å². The van der Waals surface area contributed by atoms with Gasteiger partial charge in [0.15, 0.2) is 0 Å². The van der Waals surface area contributed by atoms with Gasteiger partial charge in [0, 0.05) is 23.0 Å². The SMILES string of the molecule is CCCN(C[SiH3])C(=O)OC(C)(C)CC. The van der Waals surface area contributed by atoms with E-state index in [0.29, 0.717) is 0 Å². The molecule has 0 aliphatic heterocycles. The molecule has 1 amide bonds. The predicted octanol–water partition coefficient (Wildman–Crippen LogP) is 1.35. The molecule has 0 aromatic rings. The Morgan fingerprint density at radius 1 is 1.43 bits per heavy atom. The lowest BCUT2D eigenvalue weighted by Gasteiger charge is -2.28. The minimum absolute atomic E-state index is 0.159. The molecule has 0 bridgehead atoms. The van der Waals surface area contributed by atoms with Crippen molar-refractivity contribution < 1.29 is 9.53 Å². The summed E-state index contributed by atoms with van der Waals surface area (Å²) in [6.45, 7) is 8.80. The highest BCUT2D eigenvalue weighted by Gasteiger charge is 2.23. The van der Waals surface area contributed by atoms with Crippen molar-refractivity contribution in [2.24, 2.45) is 0 Å². The molecule has 0 aliphatic rings. The van der Waals surface area contributed by atoms with Crippen LogP contribution >= 0.6 is 0 Å². The van der Waals surface area contributed by atoms with Crippen LogP contribution in [0.2, 0.25) is 0 Å². The Labute approximate surface area is 90.2 Å². The highest BCUT2D eigenvalue weighted by Crippen LogP contribution is 2.15. The van der Waals surface area contributed by atoms with Gasteiger partial charge in [-0.1, -0.05) is 13.8 Å². The van der Waals surface area contributed by atoms with E-state index in [2.05, 4.69) is 6.92 Å². The summed E-state index contributed by atoms with van der Waals surface area (Å²) in [7, 11) is 1.00. The second-order valence-electron chi connectivity index (χ2n) is 4.06. The van der Waals surface area contributed by atoms with Crippen molar-refractivity contribution in [2.75, 3.05) is 12.7 Å². The van der Waals surface area contributed by atoms with Crippen molar-refractivity contribution >= 4 is 16.3 Å². The number of carbonyl (C=O) groups is 1. The van der Waals surface area contributed by atoms with Crippen molar-refractivity contribution in [1.82, 2.24) is 4.90 Å². The molecule has 0 unspecified atom stereocenters. The van der Waals surface area contributed by atoms with Gasteiger partial charge in [0.05, 0.1) is 0 Å². The lowest BCUT2D eigenvalue weighted by molar-refractivity contribution is 0.0144. The summed E-state index contributed by atoms with van der Waals surface area (Å²) in [6, 6.07) is 0. The van der Waals surface area contributed by atoms with Crippen LogP contribution in [0.1, 0.15) is 40.5 Å². The lowest BCUT2D eigenvalue weighted by atomic mass is 10.1. The second kappa shape index (κ2) is 6.06. The molecule has 0 saturated carbocycles. The molecule has 0 aromatic carbocycles. The first-order valence-electron chi connectivity index (χ1n) is 5.44. The van der Waals surface area contributed by atoms with Gasteiger partial charge in [0.25, 0.3) is 0 Å². The molecule has 3 nitrogen and oxygen atoms in total. The molecular weight excluding hydrogens is 194 g/mol. The van der Waals surface area contributed by atoms with E-state index in [1.807, 2.05) is 20.8 Å². The van der Waals surface area contributed by atoms with Gasteiger partial charge in [0.1, 0.15) is 5.60 Å². The second-order valence-corrected chi connectivity index (χ2v) is 4.69. The maximum absolute atomic E-state index is 11.7. The van der Waals surface area contributed by atoms with Gasteiger partial charge in [-0.2, -0.15) is 0 Å². The fourth-order valence-electron chi connectivity index (χ4n) is 1.02. The quantitative estimate of drug-likeness (QED) is 0.651. The summed E-state index contributed by atoms with van der Waals surface area (Å²) in [5, 5.41) is 0. The summed E-state index contributed by atoms with van der Waals surface area (Å²) in [5.74, 6) is 0. The first-order valence-corrected chi connectivity index (χ1v) is 6.86. The van der Waals surface area contributed by atoms with E-state index in [9.17, 15) is 4.79 Å². The number of carbonyl (C=O) groups excluding carboxylic acids is 1. The van der Waals surface area contributed by atoms with Crippen LogP contribution in [0.5, 0.6) is 0 Å². The largest absolute Gasteiger partial charge is 0.443 e. The fraction of sp³-hybridized carbons (Fsp3) is 0.900. The van der Waals surface area contributed by atoms with E-state index in [-0.39, 0.29) is 11.7 Å². The Kier molecular flexibility index (Phi) is 5.84. The normalized spacial score (nSPS) is 11.4. The van der Waals surface area contributed by atoms with E-state index in [1.54, 1.807) is 4.90 Å². The molecule has 0 atom stereocenters. The van der Waals surface area contributed by atoms with Crippen LogP contribution in [0.25, 0.3) is 0 Å². The Balaban J connectivity index is 4.16. The molecule has 0 spiro atoms. The van der Waals surface area contributed by atoms with Crippen molar-refractivity contribution in [3.63, 3.8) is 0 Å². The first kappa shape index (κ1) is 13.5. The third-order valence-electron chi connectivity index (χ3n) is 2.35. The monoisotopic (exact) mass is 217 g/mol. The van der Waals surface area contributed by atoms with Gasteiger partial charge in [-0.05, 0) is 26.7 Å². The number of hydrogen-bond acceptors (Lipinski definition) is 2. The molecule has 0 rings (SSSR count). The Morgan fingerprint density at radius 3 is 2.36 bits per heavy atom. The number of hydrogen-bond donors (Lipinski definition) is 0. The first-order chi connectivity index (χ1) is 6.46. The van der Waals surface area contributed by atoms with Crippen molar-refractivity contribution in [3.05, 3.63) is 0 Å². The molecule has 0 aromatic heterocycles. The Hall–Kier alpha value is -0.513. The van der Waals surface area contributed by atoms with Gasteiger partial charge < -0.3 is 9.64 Å². The molecule has 14 heavy (non-hydrogen) atoms. The van der Waals surface area contributed by atoms with Gasteiger partial charge >= 0.3 is 6.09 Å². The minimum Gasteiger partial charge on any atom is -0.443 e. The zero-order chi connectivity index (χ0) is 11.2. The van der Waals surface area contributed by atoms with E-state index in [1.165, 1.54) is 0 Å². The number of amides is 1. The van der Waals surface area contributed by atoms with Crippen LogP contribution in [0.15, 0.2) is 0 Å². The van der Waals surface area contributed by atoms with E-state index in [4.69, 9.17) is 4.74 Å². The van der Waals surface area contributed by atoms with Gasteiger partial charge in [-0.3, -0.25) is 0 Å². The molecule has 0 radical (unpaired) electrons. The summed E-state index contributed by atoms with van der Waals surface area (Å²) >= 11 is 0. The Bertz CT molecular complexity index is 183.